The van der Waals surface area contributed by atoms with Crippen molar-refractivity contribution in [3.05, 3.63) is 22.3 Å². The minimum Gasteiger partial charge on any atom is -0.496 e. The quantitative estimate of drug-likeness (QED) is 0.914. The lowest BCUT2D eigenvalue weighted by Gasteiger charge is -2.15. The Balaban J connectivity index is 2.72. The minimum absolute atomic E-state index is 0.504. The first-order valence-corrected chi connectivity index (χ1v) is 6.09. The average Bonchev–Trinajstić information content (AvgIpc) is 2.75. The first kappa shape index (κ1) is 12.8. The first-order valence-electron chi connectivity index (χ1n) is 5.30. The highest BCUT2D eigenvalue weighted by atomic mass is 79.9. The van der Waals surface area contributed by atoms with Gasteiger partial charge in [-0.2, -0.15) is 5.10 Å². The average molecular weight is 312 g/mol. The van der Waals surface area contributed by atoms with Gasteiger partial charge in [0, 0.05) is 16.7 Å². The van der Waals surface area contributed by atoms with Crippen molar-refractivity contribution in [2.24, 2.45) is 0 Å². The number of methoxy groups -OCH3 is 2. The Morgan fingerprint density at radius 3 is 2.39 bits per heavy atom. The highest BCUT2D eigenvalue weighted by Gasteiger charge is 2.18. The van der Waals surface area contributed by atoms with E-state index in [2.05, 4.69) is 26.1 Å². The number of benzene rings is 1. The number of halogens is 1. The van der Waals surface area contributed by atoms with E-state index in [4.69, 9.17) is 15.2 Å². The Morgan fingerprint density at radius 2 is 1.89 bits per heavy atom. The van der Waals surface area contributed by atoms with Crippen LogP contribution in [0.15, 0.2) is 16.7 Å². The van der Waals surface area contributed by atoms with Crippen LogP contribution in [0.1, 0.15) is 5.56 Å². The second-order valence-corrected chi connectivity index (χ2v) is 4.65. The van der Waals surface area contributed by atoms with Crippen LogP contribution in [0.2, 0.25) is 0 Å². The number of aromatic amines is 1. The lowest BCUT2D eigenvalue weighted by molar-refractivity contribution is 0.388. The normalized spacial score (nSPS) is 10.4. The Hall–Kier alpha value is -1.69. The highest BCUT2D eigenvalue weighted by Crippen LogP contribution is 2.43. The molecule has 5 nitrogen and oxygen atoms in total. The van der Waals surface area contributed by atoms with Gasteiger partial charge in [-0.25, -0.2) is 0 Å². The molecule has 1 heterocycles. The number of anilines is 1. The number of hydrogen-bond acceptors (Lipinski definition) is 4. The zero-order valence-corrected chi connectivity index (χ0v) is 12.0. The molecule has 2 rings (SSSR count). The smallest absolute Gasteiger partial charge is 0.139 e. The van der Waals surface area contributed by atoms with Gasteiger partial charge in [-0.05, 0) is 28.9 Å². The van der Waals surface area contributed by atoms with Crippen LogP contribution in [0.4, 0.5) is 5.82 Å². The van der Waals surface area contributed by atoms with E-state index >= 15 is 0 Å². The molecule has 0 radical (unpaired) electrons. The predicted octanol–water partition coefficient (Wildman–Crippen LogP) is 2.75. The molecule has 0 atom stereocenters. The van der Waals surface area contributed by atoms with Gasteiger partial charge in [-0.15, -0.1) is 0 Å². The number of nitrogen functional groups attached to an aromatic ring is 1. The molecule has 0 spiro atoms. The summed E-state index contributed by atoms with van der Waals surface area (Å²) in [7, 11) is 3.24. The van der Waals surface area contributed by atoms with Gasteiger partial charge < -0.3 is 15.2 Å². The van der Waals surface area contributed by atoms with E-state index in [9.17, 15) is 0 Å². The SMILES string of the molecule is COc1c(Br)cc(-c2cn[nH]c2N)c(OC)c1C. The van der Waals surface area contributed by atoms with Gasteiger partial charge in [0.15, 0.2) is 0 Å². The van der Waals surface area contributed by atoms with Gasteiger partial charge in [0.1, 0.15) is 17.3 Å². The Kier molecular flexibility index (Phi) is 3.47. The molecule has 2 aromatic rings. The Morgan fingerprint density at radius 1 is 1.22 bits per heavy atom. The molecule has 0 aliphatic carbocycles. The molecular weight excluding hydrogens is 298 g/mol. The largest absolute Gasteiger partial charge is 0.496 e. The third-order valence-corrected chi connectivity index (χ3v) is 3.37. The molecule has 0 saturated carbocycles. The summed E-state index contributed by atoms with van der Waals surface area (Å²) in [4.78, 5) is 0. The van der Waals surface area contributed by atoms with Crippen LogP contribution in [-0.2, 0) is 0 Å². The fraction of sp³-hybridized carbons (Fsp3) is 0.250. The van der Waals surface area contributed by atoms with E-state index in [0.29, 0.717) is 5.82 Å². The molecule has 1 aromatic carbocycles. The van der Waals surface area contributed by atoms with Gasteiger partial charge >= 0.3 is 0 Å². The lowest BCUT2D eigenvalue weighted by atomic mass is 10.0. The first-order chi connectivity index (χ1) is 8.60. The number of aromatic nitrogens is 2. The van der Waals surface area contributed by atoms with E-state index in [1.54, 1.807) is 20.4 Å². The van der Waals surface area contributed by atoms with Gasteiger partial charge in [0.2, 0.25) is 0 Å². The third-order valence-electron chi connectivity index (χ3n) is 2.78. The number of ether oxygens (including phenoxy) is 2. The number of H-pyrrole nitrogens is 1. The summed E-state index contributed by atoms with van der Waals surface area (Å²) in [6.07, 6.45) is 1.67. The molecule has 0 aliphatic rings. The maximum Gasteiger partial charge on any atom is 0.139 e. The molecule has 96 valence electrons. The molecule has 0 bridgehead atoms. The van der Waals surface area contributed by atoms with E-state index in [1.165, 1.54) is 0 Å². The molecule has 0 fully saturated rings. The summed E-state index contributed by atoms with van der Waals surface area (Å²) in [5.74, 6) is 1.98. The van der Waals surface area contributed by atoms with Crippen molar-refractivity contribution in [2.75, 3.05) is 20.0 Å². The molecule has 0 unspecified atom stereocenters. The van der Waals surface area contributed by atoms with Crippen molar-refractivity contribution in [2.45, 2.75) is 6.92 Å². The number of nitrogens with two attached hydrogens (primary N) is 1. The predicted molar refractivity (Wildman–Crippen MR) is 74.0 cm³/mol. The zero-order chi connectivity index (χ0) is 13.3. The fourth-order valence-corrected chi connectivity index (χ4v) is 2.65. The Bertz CT molecular complexity index is 581. The summed E-state index contributed by atoms with van der Waals surface area (Å²) in [5, 5.41) is 6.63. The van der Waals surface area contributed by atoms with Crippen molar-refractivity contribution in [1.82, 2.24) is 10.2 Å². The number of nitrogens with one attached hydrogen (secondary N) is 1. The van der Waals surface area contributed by atoms with E-state index < -0.39 is 0 Å². The van der Waals surface area contributed by atoms with Gasteiger partial charge in [0.25, 0.3) is 0 Å². The maximum absolute atomic E-state index is 5.85. The van der Waals surface area contributed by atoms with Gasteiger partial charge in [-0.3, -0.25) is 5.10 Å². The van der Waals surface area contributed by atoms with Crippen LogP contribution in [0, 0.1) is 6.92 Å². The van der Waals surface area contributed by atoms with E-state index in [0.717, 1.165) is 32.7 Å². The summed E-state index contributed by atoms with van der Waals surface area (Å²) in [6.45, 7) is 1.93. The van der Waals surface area contributed by atoms with Crippen LogP contribution < -0.4 is 15.2 Å². The molecule has 18 heavy (non-hydrogen) atoms. The number of rotatable bonds is 3. The molecule has 0 saturated heterocycles. The summed E-state index contributed by atoms with van der Waals surface area (Å²) in [5.41, 5.74) is 8.43. The van der Waals surface area contributed by atoms with Crippen molar-refractivity contribution in [1.29, 1.82) is 0 Å². The van der Waals surface area contributed by atoms with Crippen LogP contribution >= 0.6 is 15.9 Å². The molecule has 1 aromatic heterocycles. The van der Waals surface area contributed by atoms with Crippen molar-refractivity contribution in [3.63, 3.8) is 0 Å². The van der Waals surface area contributed by atoms with Crippen LogP contribution in [0.25, 0.3) is 11.1 Å². The molecule has 6 heteroatoms. The maximum atomic E-state index is 5.85. The van der Waals surface area contributed by atoms with Crippen molar-refractivity contribution in [3.8, 4) is 22.6 Å². The van der Waals surface area contributed by atoms with Crippen LogP contribution in [0.3, 0.4) is 0 Å². The highest BCUT2D eigenvalue weighted by molar-refractivity contribution is 9.10. The van der Waals surface area contributed by atoms with Gasteiger partial charge in [0.05, 0.1) is 24.9 Å². The minimum atomic E-state index is 0.504. The topological polar surface area (TPSA) is 73.2 Å². The van der Waals surface area contributed by atoms with Gasteiger partial charge in [-0.1, -0.05) is 0 Å². The van der Waals surface area contributed by atoms with E-state index in [-0.39, 0.29) is 0 Å². The molecular formula is C12H14BrN3O2. The summed E-state index contributed by atoms with van der Waals surface area (Å²) < 4.78 is 11.6. The van der Waals surface area contributed by atoms with Crippen molar-refractivity contribution >= 4 is 21.7 Å². The second-order valence-electron chi connectivity index (χ2n) is 3.79. The molecule has 3 N–H and O–H groups in total. The summed E-state index contributed by atoms with van der Waals surface area (Å²) >= 11 is 3.48. The lowest BCUT2D eigenvalue weighted by Crippen LogP contribution is -1.97. The third kappa shape index (κ3) is 1.92. The zero-order valence-electron chi connectivity index (χ0n) is 10.4. The van der Waals surface area contributed by atoms with Crippen molar-refractivity contribution < 1.29 is 9.47 Å². The van der Waals surface area contributed by atoms with E-state index in [1.807, 2.05) is 13.0 Å². The number of hydrogen-bond donors (Lipinski definition) is 2. The monoisotopic (exact) mass is 311 g/mol. The number of nitrogens with zero attached hydrogens (tertiary/aromatic N) is 1. The fourth-order valence-electron chi connectivity index (χ4n) is 1.97. The second kappa shape index (κ2) is 4.89. The standard InChI is InChI=1S/C12H14BrN3O2/c1-6-10(17-2)7(4-9(13)11(6)18-3)8-5-15-16-12(8)14/h4-5H,1-3H3,(H3,14,15,16). The van der Waals surface area contributed by atoms with Crippen LogP contribution in [-0.4, -0.2) is 24.4 Å². The molecule has 0 aliphatic heterocycles. The molecule has 0 amide bonds. The van der Waals surface area contributed by atoms with Crippen LogP contribution in [0.5, 0.6) is 11.5 Å². The Labute approximate surface area is 113 Å². The summed E-state index contributed by atoms with van der Waals surface area (Å²) in [6, 6.07) is 1.91.